The summed E-state index contributed by atoms with van der Waals surface area (Å²) in [5.74, 6) is 4.42. The van der Waals surface area contributed by atoms with Crippen LogP contribution in [0.3, 0.4) is 0 Å². The van der Waals surface area contributed by atoms with E-state index in [0.29, 0.717) is 36.3 Å². The van der Waals surface area contributed by atoms with Crippen molar-refractivity contribution < 1.29 is 9.53 Å². The summed E-state index contributed by atoms with van der Waals surface area (Å²) in [4.78, 5) is 46.2. The van der Waals surface area contributed by atoms with Crippen LogP contribution in [0.25, 0.3) is 5.57 Å². The lowest BCUT2D eigenvalue weighted by atomic mass is 9.52. The Kier molecular flexibility index (Phi) is 13.9. The molecule has 0 aromatic carbocycles. The first-order chi connectivity index (χ1) is 28.5. The van der Waals surface area contributed by atoms with Crippen LogP contribution in [0.15, 0.2) is 43.0 Å². The third-order valence-electron chi connectivity index (χ3n) is 12.9. The molecule has 0 unspecified atom stereocenters. The summed E-state index contributed by atoms with van der Waals surface area (Å²) in [5, 5.41) is 6.73. The molecule has 59 heavy (non-hydrogen) atoms. The number of hydrogen-bond acceptors (Lipinski definition) is 13. The van der Waals surface area contributed by atoms with Crippen LogP contribution in [0.5, 0.6) is 5.88 Å². The summed E-state index contributed by atoms with van der Waals surface area (Å²) >= 11 is 0. The second-order valence-corrected chi connectivity index (χ2v) is 18.5. The van der Waals surface area contributed by atoms with Crippen LogP contribution < -0.4 is 30.9 Å². The number of hydrogen-bond donors (Lipinski definition) is 3. The van der Waals surface area contributed by atoms with E-state index in [1.807, 2.05) is 18.3 Å². The number of carbonyl (C=O) groups excluding carboxylic acids is 1. The fourth-order valence-corrected chi connectivity index (χ4v) is 9.95. The molecule has 3 aromatic rings. The molecule has 4 aliphatic rings. The van der Waals surface area contributed by atoms with E-state index in [9.17, 15) is 4.79 Å². The Balaban J connectivity index is 0.767. The van der Waals surface area contributed by atoms with Gasteiger partial charge in [0, 0.05) is 121 Å². The molecule has 0 radical (unpaired) electrons. The standard InChI is InChI=1S/C45H68N12O2/c1-6-35(26-46)40-51-37(25-38(52-40)56-16-8-7-9-17-56)47-27-34-11-12-39(48-28-34)59-24-10-15-54-20-22-55(23-21-54)31-33-13-18-57(19-14-33)43-49-29-36(30-50-43)41(58)53-42-44(2,3)32-45(42,4)5/h11-12,25-26,28-30,33,42H,6-10,13-24,27,31-32,46H2,1-5H3,(H,53,58)(H,47,51,52). The molecule has 320 valence electrons. The molecule has 6 heterocycles. The quantitative estimate of drug-likeness (QED) is 0.149. The number of amides is 1. The molecule has 0 spiro atoms. The maximum atomic E-state index is 13.0. The van der Waals surface area contributed by atoms with Crippen molar-refractivity contribution in [3.05, 3.63) is 59.9 Å². The summed E-state index contributed by atoms with van der Waals surface area (Å²) in [6, 6.07) is 6.21. The minimum Gasteiger partial charge on any atom is -0.478 e. The van der Waals surface area contributed by atoms with E-state index in [1.54, 1.807) is 18.6 Å². The number of anilines is 3. The van der Waals surface area contributed by atoms with E-state index in [-0.39, 0.29) is 22.8 Å². The average Bonchev–Trinajstić information content (AvgIpc) is 3.25. The molecule has 3 saturated heterocycles. The molecule has 4 N–H and O–H groups in total. The van der Waals surface area contributed by atoms with Crippen molar-refractivity contribution in [2.45, 2.75) is 98.6 Å². The summed E-state index contributed by atoms with van der Waals surface area (Å²) < 4.78 is 6.03. The lowest BCUT2D eigenvalue weighted by molar-refractivity contribution is -0.0366. The summed E-state index contributed by atoms with van der Waals surface area (Å²) in [6.07, 6.45) is 15.6. The number of nitrogens with zero attached hydrogens (tertiary/aromatic N) is 9. The molecule has 3 aromatic heterocycles. The molecule has 1 aliphatic carbocycles. The zero-order valence-electron chi connectivity index (χ0n) is 36.3. The first kappa shape index (κ1) is 42.6. The highest BCUT2D eigenvalue weighted by molar-refractivity contribution is 5.94. The van der Waals surface area contributed by atoms with Gasteiger partial charge in [0.1, 0.15) is 11.6 Å². The zero-order chi connectivity index (χ0) is 41.4. The largest absolute Gasteiger partial charge is 0.478 e. The summed E-state index contributed by atoms with van der Waals surface area (Å²) in [7, 11) is 0. The molecule has 3 aliphatic heterocycles. The van der Waals surface area contributed by atoms with Crippen LogP contribution in [-0.4, -0.2) is 119 Å². The number of piperidine rings is 2. The lowest BCUT2D eigenvalue weighted by Crippen LogP contribution is -2.63. The number of rotatable bonds is 16. The molecule has 0 bridgehead atoms. The highest BCUT2D eigenvalue weighted by Gasteiger charge is 2.53. The van der Waals surface area contributed by atoms with Gasteiger partial charge in [-0.15, -0.1) is 0 Å². The highest BCUT2D eigenvalue weighted by atomic mass is 16.5. The maximum Gasteiger partial charge on any atom is 0.254 e. The Hall–Kier alpha value is -4.56. The van der Waals surface area contributed by atoms with Gasteiger partial charge in [0.05, 0.1) is 12.2 Å². The van der Waals surface area contributed by atoms with Crippen LogP contribution >= 0.6 is 0 Å². The van der Waals surface area contributed by atoms with Crippen LogP contribution in [0, 0.1) is 16.7 Å². The molecule has 1 saturated carbocycles. The second kappa shape index (κ2) is 19.2. The smallest absolute Gasteiger partial charge is 0.254 e. The van der Waals surface area contributed by atoms with Gasteiger partial charge in [-0.1, -0.05) is 40.7 Å². The topological polar surface area (TPSA) is 154 Å². The SMILES string of the molecule is CCC(=CN)c1nc(NCc2ccc(OCCCN3CCN(CC4CCN(c5ncc(C(=O)NC6C(C)(C)CC6(C)C)cn5)CC4)CC3)nc2)cc(N2CCCCC2)n1. The van der Waals surface area contributed by atoms with Gasteiger partial charge in [0.15, 0.2) is 5.82 Å². The molecule has 1 amide bonds. The van der Waals surface area contributed by atoms with Crippen LogP contribution in [-0.2, 0) is 6.54 Å². The third kappa shape index (κ3) is 11.0. The minimum atomic E-state index is -0.0822. The number of nitrogens with one attached hydrogen (secondary N) is 2. The van der Waals surface area contributed by atoms with Crippen LogP contribution in [0.4, 0.5) is 17.6 Å². The van der Waals surface area contributed by atoms with E-state index in [1.165, 1.54) is 19.3 Å². The van der Waals surface area contributed by atoms with Crippen molar-refractivity contribution in [1.82, 2.24) is 40.0 Å². The first-order valence-corrected chi connectivity index (χ1v) is 22.2. The molecule has 14 heteroatoms. The van der Waals surface area contributed by atoms with Crippen LogP contribution in [0.1, 0.15) is 108 Å². The zero-order valence-corrected chi connectivity index (χ0v) is 36.3. The number of nitrogens with two attached hydrogens (primary N) is 1. The van der Waals surface area contributed by atoms with E-state index in [2.05, 4.69) is 85.9 Å². The Morgan fingerprint density at radius 3 is 2.24 bits per heavy atom. The van der Waals surface area contributed by atoms with Crippen molar-refractivity contribution in [1.29, 1.82) is 0 Å². The number of ether oxygens (including phenoxy) is 1. The van der Waals surface area contributed by atoms with E-state index >= 15 is 0 Å². The predicted molar refractivity (Wildman–Crippen MR) is 236 cm³/mol. The van der Waals surface area contributed by atoms with Crippen molar-refractivity contribution in [2.24, 2.45) is 22.5 Å². The molecule has 4 fully saturated rings. The average molecular weight is 809 g/mol. The van der Waals surface area contributed by atoms with Crippen molar-refractivity contribution in [3.63, 3.8) is 0 Å². The highest BCUT2D eigenvalue weighted by Crippen LogP contribution is 2.53. The Bertz CT molecular complexity index is 1830. The Morgan fingerprint density at radius 1 is 0.881 bits per heavy atom. The van der Waals surface area contributed by atoms with Gasteiger partial charge in [-0.3, -0.25) is 4.79 Å². The Labute approximate surface area is 351 Å². The molecule has 0 atom stereocenters. The maximum absolute atomic E-state index is 13.0. The normalized spacial score (nSPS) is 20.6. The lowest BCUT2D eigenvalue weighted by Gasteiger charge is -2.57. The van der Waals surface area contributed by atoms with E-state index in [4.69, 9.17) is 20.4 Å². The summed E-state index contributed by atoms with van der Waals surface area (Å²) in [5.41, 5.74) is 8.66. The van der Waals surface area contributed by atoms with Gasteiger partial charge < -0.3 is 40.7 Å². The number of allylic oxidation sites excluding steroid dienone is 1. The number of pyridine rings is 1. The monoisotopic (exact) mass is 809 g/mol. The van der Waals surface area contributed by atoms with E-state index in [0.717, 1.165) is 126 Å². The van der Waals surface area contributed by atoms with Crippen molar-refractivity contribution >= 4 is 29.1 Å². The van der Waals surface area contributed by atoms with Gasteiger partial charge >= 0.3 is 0 Å². The Morgan fingerprint density at radius 2 is 1.59 bits per heavy atom. The fraction of sp³-hybridized carbons (Fsp3) is 0.644. The van der Waals surface area contributed by atoms with Gasteiger partial charge in [-0.2, -0.15) is 0 Å². The van der Waals surface area contributed by atoms with Crippen molar-refractivity contribution in [2.75, 3.05) is 87.2 Å². The van der Waals surface area contributed by atoms with Gasteiger partial charge in [-0.05, 0) is 73.7 Å². The number of aromatic nitrogens is 5. The molecule has 14 nitrogen and oxygen atoms in total. The first-order valence-electron chi connectivity index (χ1n) is 22.2. The number of piperazine rings is 1. The fourth-order valence-electron chi connectivity index (χ4n) is 9.95. The minimum absolute atomic E-state index is 0.0822. The second-order valence-electron chi connectivity index (χ2n) is 18.5. The van der Waals surface area contributed by atoms with Gasteiger partial charge in [-0.25, -0.2) is 24.9 Å². The van der Waals surface area contributed by atoms with Gasteiger partial charge in [0.2, 0.25) is 11.8 Å². The predicted octanol–water partition coefficient (Wildman–Crippen LogP) is 5.83. The van der Waals surface area contributed by atoms with Crippen molar-refractivity contribution in [3.8, 4) is 5.88 Å². The molecule has 7 rings (SSSR count). The molecular formula is C45H68N12O2. The van der Waals surface area contributed by atoms with Crippen LogP contribution in [0.2, 0.25) is 0 Å². The summed E-state index contributed by atoms with van der Waals surface area (Å²) in [6.45, 7) is 22.7. The van der Waals surface area contributed by atoms with E-state index < -0.39 is 0 Å². The third-order valence-corrected chi connectivity index (χ3v) is 12.9. The van der Waals surface area contributed by atoms with Gasteiger partial charge in [0.25, 0.3) is 5.91 Å². The molecular weight excluding hydrogens is 741 g/mol. The number of carbonyl (C=O) groups is 1.